The van der Waals surface area contributed by atoms with Gasteiger partial charge in [-0.2, -0.15) is 0 Å². The van der Waals surface area contributed by atoms with Crippen molar-refractivity contribution in [1.29, 1.82) is 0 Å². The second-order valence-electron chi connectivity index (χ2n) is 4.39. The number of aromatic nitrogens is 1. The normalized spacial score (nSPS) is 12.8. The lowest BCUT2D eigenvalue weighted by molar-refractivity contribution is 0.271. The van der Waals surface area contributed by atoms with Gasteiger partial charge >= 0.3 is 0 Å². The molecule has 0 N–H and O–H groups in total. The molecule has 1 unspecified atom stereocenters. The highest BCUT2D eigenvalue weighted by Gasteiger charge is 2.15. The fourth-order valence-corrected chi connectivity index (χ4v) is 1.93. The van der Waals surface area contributed by atoms with Crippen LogP contribution >= 0.6 is 22.6 Å². The van der Waals surface area contributed by atoms with Gasteiger partial charge in [-0.05, 0) is 56.1 Å². The summed E-state index contributed by atoms with van der Waals surface area (Å²) >= 11 is 2.29. The zero-order chi connectivity index (χ0) is 12.8. The summed E-state index contributed by atoms with van der Waals surface area (Å²) in [7, 11) is 4.14. The van der Waals surface area contributed by atoms with E-state index in [0.29, 0.717) is 6.04 Å². The maximum Gasteiger partial charge on any atom is 0.218 e. The number of hydrogen-bond acceptors (Lipinski definition) is 3. The van der Waals surface area contributed by atoms with Crippen molar-refractivity contribution in [2.24, 2.45) is 0 Å². The summed E-state index contributed by atoms with van der Waals surface area (Å²) < 4.78 is 6.91. The van der Waals surface area contributed by atoms with Crippen molar-refractivity contribution in [1.82, 2.24) is 9.88 Å². The highest BCUT2D eigenvalue weighted by Crippen LogP contribution is 2.27. The minimum absolute atomic E-state index is 0.314. The number of rotatable bonds is 6. The van der Waals surface area contributed by atoms with Crippen molar-refractivity contribution in [2.75, 3.05) is 20.7 Å². The van der Waals surface area contributed by atoms with Gasteiger partial charge in [0, 0.05) is 21.4 Å². The Morgan fingerprint density at radius 2 is 2.18 bits per heavy atom. The van der Waals surface area contributed by atoms with Crippen LogP contribution in [0.1, 0.15) is 38.3 Å². The van der Waals surface area contributed by atoms with Crippen molar-refractivity contribution < 1.29 is 4.74 Å². The Hall–Kier alpha value is -0.360. The lowest BCUT2D eigenvalue weighted by Gasteiger charge is -2.22. The van der Waals surface area contributed by atoms with E-state index in [-0.39, 0.29) is 0 Å². The van der Waals surface area contributed by atoms with Crippen LogP contribution in [0.15, 0.2) is 12.3 Å². The second kappa shape index (κ2) is 7.16. The van der Waals surface area contributed by atoms with E-state index in [4.69, 9.17) is 4.74 Å². The molecule has 1 aromatic rings. The van der Waals surface area contributed by atoms with E-state index in [9.17, 15) is 0 Å². The first-order valence-electron chi connectivity index (χ1n) is 6.01. The van der Waals surface area contributed by atoms with Gasteiger partial charge in [-0.3, -0.25) is 0 Å². The average molecular weight is 348 g/mol. The van der Waals surface area contributed by atoms with Gasteiger partial charge < -0.3 is 9.64 Å². The molecule has 0 aliphatic carbocycles. The van der Waals surface area contributed by atoms with Crippen LogP contribution in [0.25, 0.3) is 0 Å². The van der Waals surface area contributed by atoms with Gasteiger partial charge in [-0.25, -0.2) is 4.98 Å². The van der Waals surface area contributed by atoms with E-state index < -0.39 is 0 Å². The van der Waals surface area contributed by atoms with Gasteiger partial charge in [0.1, 0.15) is 0 Å². The van der Waals surface area contributed by atoms with Crippen LogP contribution in [0.2, 0.25) is 0 Å². The minimum atomic E-state index is 0.314. The molecule has 0 saturated heterocycles. The standard InChI is InChI=1S/C13H21IN2O/c1-5-6-7-17-13-12(10(2)16(3)4)8-11(14)9-15-13/h8-10H,5-7H2,1-4H3. The van der Waals surface area contributed by atoms with Gasteiger partial charge in [0.25, 0.3) is 0 Å². The molecular weight excluding hydrogens is 327 g/mol. The number of unbranched alkanes of at least 4 members (excludes halogenated alkanes) is 1. The number of pyridine rings is 1. The molecule has 1 rings (SSSR count). The Kier molecular flexibility index (Phi) is 6.19. The highest BCUT2D eigenvalue weighted by molar-refractivity contribution is 14.1. The minimum Gasteiger partial charge on any atom is -0.477 e. The predicted molar refractivity (Wildman–Crippen MR) is 79.5 cm³/mol. The van der Waals surface area contributed by atoms with Crippen LogP contribution in [0.4, 0.5) is 0 Å². The monoisotopic (exact) mass is 348 g/mol. The molecule has 1 heterocycles. The molecule has 1 atom stereocenters. The summed E-state index contributed by atoms with van der Waals surface area (Å²) in [6, 6.07) is 2.47. The molecule has 17 heavy (non-hydrogen) atoms. The van der Waals surface area contributed by atoms with Gasteiger partial charge in [0.2, 0.25) is 5.88 Å². The number of nitrogens with zero attached hydrogens (tertiary/aromatic N) is 2. The first kappa shape index (κ1) is 14.7. The number of halogens is 1. The van der Waals surface area contributed by atoms with E-state index in [0.717, 1.165) is 34.5 Å². The lowest BCUT2D eigenvalue weighted by atomic mass is 10.1. The molecule has 0 bridgehead atoms. The molecule has 0 spiro atoms. The third kappa shape index (κ3) is 4.43. The molecule has 1 aromatic heterocycles. The van der Waals surface area contributed by atoms with Gasteiger partial charge in [0.15, 0.2) is 0 Å². The van der Waals surface area contributed by atoms with E-state index >= 15 is 0 Å². The average Bonchev–Trinajstić information content (AvgIpc) is 2.30. The van der Waals surface area contributed by atoms with E-state index in [2.05, 4.69) is 66.5 Å². The molecule has 0 aromatic carbocycles. The van der Waals surface area contributed by atoms with E-state index in [1.54, 1.807) is 0 Å². The lowest BCUT2D eigenvalue weighted by Crippen LogP contribution is -2.18. The molecule has 96 valence electrons. The Bertz CT molecular complexity index is 355. The number of ether oxygens (including phenoxy) is 1. The Labute approximate surface area is 118 Å². The summed E-state index contributed by atoms with van der Waals surface area (Å²) in [6.07, 6.45) is 4.07. The molecule has 4 heteroatoms. The van der Waals surface area contributed by atoms with Gasteiger partial charge in [-0.15, -0.1) is 0 Å². The van der Waals surface area contributed by atoms with Crippen LogP contribution in [-0.2, 0) is 0 Å². The SMILES string of the molecule is CCCCOc1ncc(I)cc1C(C)N(C)C. The van der Waals surface area contributed by atoms with Crippen LogP contribution < -0.4 is 4.74 Å². The molecule has 0 radical (unpaired) electrons. The topological polar surface area (TPSA) is 25.4 Å². The third-order valence-corrected chi connectivity index (χ3v) is 3.40. The number of hydrogen-bond donors (Lipinski definition) is 0. The summed E-state index contributed by atoms with van der Waals surface area (Å²) in [5, 5.41) is 0. The summed E-state index contributed by atoms with van der Waals surface area (Å²) in [6.45, 7) is 5.07. The summed E-state index contributed by atoms with van der Waals surface area (Å²) in [5.74, 6) is 0.778. The van der Waals surface area contributed by atoms with Crippen molar-refractivity contribution >= 4 is 22.6 Å². The van der Waals surface area contributed by atoms with Crippen molar-refractivity contribution in [2.45, 2.75) is 32.7 Å². The highest BCUT2D eigenvalue weighted by atomic mass is 127. The van der Waals surface area contributed by atoms with Crippen LogP contribution in [-0.4, -0.2) is 30.6 Å². The Morgan fingerprint density at radius 1 is 1.47 bits per heavy atom. The fraction of sp³-hybridized carbons (Fsp3) is 0.615. The van der Waals surface area contributed by atoms with Gasteiger partial charge in [-0.1, -0.05) is 13.3 Å². The Morgan fingerprint density at radius 3 is 2.76 bits per heavy atom. The quantitative estimate of drug-likeness (QED) is 0.581. The van der Waals surface area contributed by atoms with Crippen LogP contribution in [0, 0.1) is 3.57 Å². The van der Waals surface area contributed by atoms with Crippen molar-refractivity contribution in [3.05, 3.63) is 21.4 Å². The maximum atomic E-state index is 5.76. The molecule has 0 aliphatic heterocycles. The summed E-state index contributed by atoms with van der Waals surface area (Å²) in [5.41, 5.74) is 1.16. The van der Waals surface area contributed by atoms with Crippen LogP contribution in [0.5, 0.6) is 5.88 Å². The maximum absolute atomic E-state index is 5.76. The fourth-order valence-electron chi connectivity index (χ4n) is 1.45. The summed E-state index contributed by atoms with van der Waals surface area (Å²) in [4.78, 5) is 6.56. The molecule has 0 aliphatic rings. The Balaban J connectivity index is 2.87. The molecule has 0 saturated carbocycles. The third-order valence-electron chi connectivity index (χ3n) is 2.81. The van der Waals surface area contributed by atoms with Crippen molar-refractivity contribution in [3.8, 4) is 5.88 Å². The van der Waals surface area contributed by atoms with E-state index in [1.807, 2.05) is 6.20 Å². The molecule has 3 nitrogen and oxygen atoms in total. The largest absolute Gasteiger partial charge is 0.477 e. The zero-order valence-electron chi connectivity index (χ0n) is 11.0. The van der Waals surface area contributed by atoms with Crippen molar-refractivity contribution in [3.63, 3.8) is 0 Å². The molecule has 0 fully saturated rings. The predicted octanol–water partition coefficient (Wildman–Crippen LogP) is 3.49. The first-order chi connectivity index (χ1) is 8.06. The second-order valence-corrected chi connectivity index (χ2v) is 5.64. The first-order valence-corrected chi connectivity index (χ1v) is 7.08. The molecule has 0 amide bonds. The molecular formula is C13H21IN2O. The van der Waals surface area contributed by atoms with Crippen LogP contribution in [0.3, 0.4) is 0 Å². The zero-order valence-corrected chi connectivity index (χ0v) is 13.2. The van der Waals surface area contributed by atoms with E-state index in [1.165, 1.54) is 0 Å². The smallest absolute Gasteiger partial charge is 0.218 e. The van der Waals surface area contributed by atoms with Gasteiger partial charge in [0.05, 0.1) is 6.61 Å².